The molecule has 5 nitrogen and oxygen atoms in total. The van der Waals surface area contributed by atoms with Crippen LogP contribution in [0.15, 0.2) is 41.5 Å². The van der Waals surface area contributed by atoms with Crippen molar-refractivity contribution in [3.63, 3.8) is 0 Å². The van der Waals surface area contributed by atoms with Gasteiger partial charge in [0.25, 0.3) is 0 Å². The summed E-state index contributed by atoms with van der Waals surface area (Å²) < 4.78 is 25.5. The van der Waals surface area contributed by atoms with E-state index >= 15 is 0 Å². The van der Waals surface area contributed by atoms with Crippen LogP contribution in [0.2, 0.25) is 0 Å². The second-order valence-electron chi connectivity index (χ2n) is 6.47. The third-order valence-electron chi connectivity index (χ3n) is 4.36. The Morgan fingerprint density at radius 3 is 2.62 bits per heavy atom. The first-order valence-electron chi connectivity index (χ1n) is 8.47. The Morgan fingerprint density at radius 2 is 1.96 bits per heavy atom. The molecule has 136 valence electrons. The zero-order valence-electron chi connectivity index (χ0n) is 15.2. The molecule has 0 radical (unpaired) electrons. The molecule has 0 bridgehead atoms. The van der Waals surface area contributed by atoms with Crippen molar-refractivity contribution in [1.82, 2.24) is 4.98 Å². The second-order valence-corrected chi connectivity index (χ2v) is 6.47. The van der Waals surface area contributed by atoms with Crippen LogP contribution in [-0.2, 0) is 9.53 Å². The van der Waals surface area contributed by atoms with Gasteiger partial charge in [-0.2, -0.15) is 0 Å². The van der Waals surface area contributed by atoms with Crippen molar-refractivity contribution in [2.75, 3.05) is 7.11 Å². The summed E-state index contributed by atoms with van der Waals surface area (Å²) in [5.41, 5.74) is 2.19. The van der Waals surface area contributed by atoms with Crippen molar-refractivity contribution < 1.29 is 18.7 Å². The number of methoxy groups -OCH3 is 1. The standard InChI is InChI=1S/C20H21FN2O3/c1-11(2)26-19-18-15(9-10-22-19)23-12(3)16(20(24)25-4)17(18)13-7-5-6-8-14(13)21/h5-11,16-17H,1-4H3. The molecule has 1 aliphatic rings. The fourth-order valence-corrected chi connectivity index (χ4v) is 3.31. The number of esters is 1. The van der Waals surface area contributed by atoms with Crippen LogP contribution >= 0.6 is 0 Å². The topological polar surface area (TPSA) is 60.8 Å². The number of hydrogen-bond acceptors (Lipinski definition) is 5. The molecule has 1 aromatic carbocycles. The number of aliphatic imine (C=N–C) groups is 1. The van der Waals surface area contributed by atoms with E-state index in [4.69, 9.17) is 9.47 Å². The maximum Gasteiger partial charge on any atom is 0.315 e. The van der Waals surface area contributed by atoms with Gasteiger partial charge in [0.1, 0.15) is 11.7 Å². The van der Waals surface area contributed by atoms with Crippen molar-refractivity contribution in [2.24, 2.45) is 10.9 Å². The van der Waals surface area contributed by atoms with Crippen LogP contribution in [0.4, 0.5) is 10.1 Å². The molecule has 0 amide bonds. The molecule has 2 aromatic rings. The van der Waals surface area contributed by atoms with E-state index in [1.54, 1.807) is 37.4 Å². The van der Waals surface area contributed by atoms with Crippen LogP contribution in [0, 0.1) is 11.7 Å². The average molecular weight is 356 g/mol. The summed E-state index contributed by atoms with van der Waals surface area (Å²) in [4.78, 5) is 21.4. The average Bonchev–Trinajstić information content (AvgIpc) is 2.60. The van der Waals surface area contributed by atoms with Crippen LogP contribution in [0.25, 0.3) is 0 Å². The summed E-state index contributed by atoms with van der Waals surface area (Å²) >= 11 is 0. The monoisotopic (exact) mass is 356 g/mol. The van der Waals surface area contributed by atoms with Gasteiger partial charge in [-0.3, -0.25) is 9.79 Å². The van der Waals surface area contributed by atoms with Crippen molar-refractivity contribution >= 4 is 17.4 Å². The van der Waals surface area contributed by atoms with Crippen LogP contribution in [0.5, 0.6) is 5.88 Å². The summed E-state index contributed by atoms with van der Waals surface area (Å²) in [6.07, 6.45) is 1.48. The minimum absolute atomic E-state index is 0.126. The van der Waals surface area contributed by atoms with E-state index in [1.807, 2.05) is 13.8 Å². The molecule has 1 aromatic heterocycles. The Kier molecular flexibility index (Phi) is 5.02. The lowest BCUT2D eigenvalue weighted by molar-refractivity contribution is -0.143. The summed E-state index contributed by atoms with van der Waals surface area (Å²) in [6.45, 7) is 5.52. The largest absolute Gasteiger partial charge is 0.475 e. The zero-order chi connectivity index (χ0) is 18.8. The Balaban J connectivity index is 2.28. The molecule has 2 atom stereocenters. The van der Waals surface area contributed by atoms with Gasteiger partial charge in [0.05, 0.1) is 18.9 Å². The second kappa shape index (κ2) is 7.23. The number of carbonyl (C=O) groups is 1. The molecule has 2 heterocycles. The quantitative estimate of drug-likeness (QED) is 0.776. The molecule has 1 aliphatic heterocycles. The molecule has 0 aliphatic carbocycles. The SMILES string of the molecule is COC(=O)C1C(C)=Nc2ccnc(OC(C)C)c2C1c1ccccc1F. The van der Waals surface area contributed by atoms with E-state index in [0.29, 0.717) is 28.4 Å². The number of carbonyl (C=O) groups excluding carboxylic acids is 1. The van der Waals surface area contributed by atoms with Gasteiger partial charge in [0, 0.05) is 23.4 Å². The number of ether oxygens (including phenoxy) is 2. The van der Waals surface area contributed by atoms with Gasteiger partial charge in [0.15, 0.2) is 0 Å². The van der Waals surface area contributed by atoms with E-state index in [9.17, 15) is 9.18 Å². The fourth-order valence-electron chi connectivity index (χ4n) is 3.31. The molecule has 0 fully saturated rings. The summed E-state index contributed by atoms with van der Waals surface area (Å²) in [5, 5.41) is 0. The zero-order valence-corrected chi connectivity index (χ0v) is 15.2. The Hall–Kier alpha value is -2.76. The molecular weight excluding hydrogens is 335 g/mol. The maximum atomic E-state index is 14.7. The summed E-state index contributed by atoms with van der Waals surface area (Å²) in [5.74, 6) is -1.88. The Morgan fingerprint density at radius 1 is 1.23 bits per heavy atom. The van der Waals surface area contributed by atoms with Crippen LogP contribution in [0.1, 0.15) is 37.8 Å². The number of nitrogens with zero attached hydrogens (tertiary/aromatic N) is 2. The lowest BCUT2D eigenvalue weighted by atomic mass is 9.76. The molecule has 0 saturated carbocycles. The van der Waals surface area contributed by atoms with Crippen LogP contribution in [-0.4, -0.2) is 29.9 Å². The van der Waals surface area contributed by atoms with Crippen LogP contribution in [0.3, 0.4) is 0 Å². The number of hydrogen-bond donors (Lipinski definition) is 0. The Labute approximate surface area is 151 Å². The molecule has 0 spiro atoms. The first-order chi connectivity index (χ1) is 12.4. The van der Waals surface area contributed by atoms with Gasteiger partial charge in [-0.1, -0.05) is 18.2 Å². The van der Waals surface area contributed by atoms with Gasteiger partial charge in [-0.05, 0) is 38.5 Å². The molecule has 2 unspecified atom stereocenters. The molecule has 3 rings (SSSR count). The highest BCUT2D eigenvalue weighted by atomic mass is 19.1. The third kappa shape index (κ3) is 3.19. The fraction of sp³-hybridized carbons (Fsp3) is 0.350. The van der Waals surface area contributed by atoms with Gasteiger partial charge in [-0.25, -0.2) is 9.37 Å². The Bertz CT molecular complexity index is 864. The normalized spacial score (nSPS) is 18.9. The highest BCUT2D eigenvalue weighted by molar-refractivity contribution is 6.05. The third-order valence-corrected chi connectivity index (χ3v) is 4.36. The number of rotatable bonds is 4. The molecular formula is C20H21FN2O3. The smallest absolute Gasteiger partial charge is 0.315 e. The molecule has 6 heteroatoms. The van der Waals surface area contributed by atoms with E-state index in [2.05, 4.69) is 9.98 Å². The van der Waals surface area contributed by atoms with Gasteiger partial charge in [-0.15, -0.1) is 0 Å². The number of halogens is 1. The van der Waals surface area contributed by atoms with Crippen LogP contribution < -0.4 is 4.74 Å². The van der Waals surface area contributed by atoms with Gasteiger partial charge >= 0.3 is 5.97 Å². The van der Waals surface area contributed by atoms with Crippen molar-refractivity contribution in [2.45, 2.75) is 32.8 Å². The molecule has 0 N–H and O–H groups in total. The minimum Gasteiger partial charge on any atom is -0.475 e. The first kappa shape index (κ1) is 18.0. The maximum absolute atomic E-state index is 14.7. The van der Waals surface area contributed by atoms with E-state index in [1.165, 1.54) is 13.2 Å². The van der Waals surface area contributed by atoms with Crippen molar-refractivity contribution in [3.8, 4) is 5.88 Å². The minimum atomic E-state index is -0.747. The van der Waals surface area contributed by atoms with Gasteiger partial charge < -0.3 is 9.47 Å². The summed E-state index contributed by atoms with van der Waals surface area (Å²) in [7, 11) is 1.32. The lowest BCUT2D eigenvalue weighted by Gasteiger charge is -2.32. The van der Waals surface area contributed by atoms with E-state index < -0.39 is 23.6 Å². The number of benzene rings is 1. The number of fused-ring (bicyclic) bond motifs is 1. The highest BCUT2D eigenvalue weighted by Gasteiger charge is 2.41. The predicted molar refractivity (Wildman–Crippen MR) is 96.5 cm³/mol. The number of pyridine rings is 1. The lowest BCUT2D eigenvalue weighted by Crippen LogP contribution is -2.33. The first-order valence-corrected chi connectivity index (χ1v) is 8.47. The molecule has 0 saturated heterocycles. The number of aromatic nitrogens is 1. The van der Waals surface area contributed by atoms with E-state index in [0.717, 1.165) is 0 Å². The van der Waals surface area contributed by atoms with Crippen molar-refractivity contribution in [3.05, 3.63) is 53.5 Å². The van der Waals surface area contributed by atoms with E-state index in [-0.39, 0.29) is 6.10 Å². The predicted octanol–water partition coefficient (Wildman–Crippen LogP) is 4.04. The van der Waals surface area contributed by atoms with Crippen molar-refractivity contribution in [1.29, 1.82) is 0 Å². The highest BCUT2D eigenvalue weighted by Crippen LogP contribution is 2.47. The molecule has 26 heavy (non-hydrogen) atoms. The van der Waals surface area contributed by atoms with Gasteiger partial charge in [0.2, 0.25) is 5.88 Å². The summed E-state index contributed by atoms with van der Waals surface area (Å²) in [6, 6.07) is 8.15.